The number of para-hydroxylation sites is 1. The van der Waals surface area contributed by atoms with Gasteiger partial charge in [-0.1, -0.05) is 84.7 Å². The Balaban J connectivity index is 1.19. The molecule has 0 radical (unpaired) electrons. The summed E-state index contributed by atoms with van der Waals surface area (Å²) in [5.41, 5.74) is 4.65. The van der Waals surface area contributed by atoms with E-state index in [1.165, 1.54) is 28.0 Å². The fourth-order valence-electron chi connectivity index (χ4n) is 4.97. The van der Waals surface area contributed by atoms with Crippen molar-refractivity contribution in [1.82, 2.24) is 24.4 Å². The Kier molecular flexibility index (Phi) is 8.71. The van der Waals surface area contributed by atoms with Crippen LogP contribution in [0.25, 0.3) is 40.1 Å². The van der Waals surface area contributed by atoms with Gasteiger partial charge in [-0.2, -0.15) is 14.6 Å². The summed E-state index contributed by atoms with van der Waals surface area (Å²) in [5, 5.41) is 9.35. The van der Waals surface area contributed by atoms with Crippen LogP contribution >= 0.6 is 11.3 Å². The highest BCUT2D eigenvalue weighted by Gasteiger charge is 2.15. The molecule has 0 bridgehead atoms. The Morgan fingerprint density at radius 3 is 2.44 bits per heavy atom. The van der Waals surface area contributed by atoms with Gasteiger partial charge in [0.2, 0.25) is 4.96 Å². The lowest BCUT2D eigenvalue weighted by Crippen LogP contribution is -2.23. The van der Waals surface area contributed by atoms with Crippen molar-refractivity contribution in [3.63, 3.8) is 0 Å². The quantitative estimate of drug-likeness (QED) is 0.140. The maximum absolute atomic E-state index is 13.5. The Morgan fingerprint density at radius 2 is 1.67 bits per heavy atom. The second kappa shape index (κ2) is 13.7. The third kappa shape index (κ3) is 6.84. The number of ether oxygens (including phenoxy) is 2. The van der Waals surface area contributed by atoms with Crippen LogP contribution in [0.5, 0.6) is 11.5 Å². The second-order valence-corrected chi connectivity index (χ2v) is 11.7. The van der Waals surface area contributed by atoms with E-state index in [0.29, 0.717) is 33.4 Å². The summed E-state index contributed by atoms with van der Waals surface area (Å²) in [6, 6.07) is 31.2. The molecule has 0 aliphatic heterocycles. The average Bonchev–Trinajstić information content (AvgIpc) is 3.81. The number of rotatable bonds is 11. The van der Waals surface area contributed by atoms with Crippen molar-refractivity contribution >= 4 is 34.5 Å². The first-order valence-electron chi connectivity index (χ1n) is 15.1. The van der Waals surface area contributed by atoms with Crippen molar-refractivity contribution in [2.45, 2.75) is 6.61 Å². The van der Waals surface area contributed by atoms with Gasteiger partial charge in [-0.25, -0.2) is 9.07 Å². The molecule has 10 heteroatoms. The lowest BCUT2D eigenvalue weighted by molar-refractivity contribution is 0.306. The number of aromatic nitrogens is 5. The molecule has 0 saturated heterocycles. The third-order valence-electron chi connectivity index (χ3n) is 7.35. The first-order valence-corrected chi connectivity index (χ1v) is 15.9. The fraction of sp³-hybridized carbons (Fsp3) is 0.0526. The van der Waals surface area contributed by atoms with Gasteiger partial charge in [0.1, 0.15) is 36.2 Å². The van der Waals surface area contributed by atoms with Crippen molar-refractivity contribution in [3.8, 4) is 28.4 Å². The van der Waals surface area contributed by atoms with E-state index in [1.807, 2.05) is 97.2 Å². The van der Waals surface area contributed by atoms with Gasteiger partial charge in [0.15, 0.2) is 5.82 Å². The first kappa shape index (κ1) is 30.5. The molecule has 0 atom stereocenters. The zero-order chi connectivity index (χ0) is 32.9. The number of halogens is 1. The number of fused-ring (bicyclic) bond motifs is 1. The molecular weight excluding hydrogens is 626 g/mol. The van der Waals surface area contributed by atoms with Crippen LogP contribution in [0.2, 0.25) is 0 Å². The number of hydrogen-bond acceptors (Lipinski definition) is 7. The van der Waals surface area contributed by atoms with E-state index < -0.39 is 0 Å². The maximum atomic E-state index is 13.5. The number of benzene rings is 4. The third-order valence-corrected chi connectivity index (χ3v) is 8.31. The molecule has 0 spiro atoms. The fourth-order valence-corrected chi connectivity index (χ4v) is 5.88. The number of nitrogens with zero attached hydrogens (tertiary/aromatic N) is 5. The summed E-state index contributed by atoms with van der Waals surface area (Å²) >= 11 is 1.26. The molecule has 3 heterocycles. The van der Waals surface area contributed by atoms with Crippen molar-refractivity contribution < 1.29 is 13.9 Å². The summed E-state index contributed by atoms with van der Waals surface area (Å²) in [6.07, 6.45) is 9.07. The molecule has 0 aliphatic carbocycles. The molecule has 3 aromatic heterocycles. The minimum atomic E-state index is -0.292. The smallest absolute Gasteiger partial charge is 0.291 e. The Morgan fingerprint density at radius 1 is 0.854 bits per heavy atom. The van der Waals surface area contributed by atoms with Gasteiger partial charge in [-0.05, 0) is 71.8 Å². The highest BCUT2D eigenvalue weighted by atomic mass is 32.1. The number of thiazole rings is 1. The van der Waals surface area contributed by atoms with Gasteiger partial charge in [0, 0.05) is 17.3 Å². The van der Waals surface area contributed by atoms with E-state index in [-0.39, 0.29) is 18.0 Å². The Hall–Kier alpha value is -6.13. The Bertz CT molecular complexity index is 2340. The van der Waals surface area contributed by atoms with Crippen LogP contribution in [0.15, 0.2) is 127 Å². The summed E-state index contributed by atoms with van der Waals surface area (Å²) in [5.74, 6) is 1.54. The molecule has 8 nitrogen and oxygen atoms in total. The molecule has 4 aromatic carbocycles. The minimum Gasteiger partial charge on any atom is -0.490 e. The summed E-state index contributed by atoms with van der Waals surface area (Å²) in [7, 11) is 0. The van der Waals surface area contributed by atoms with Crippen LogP contribution in [0.1, 0.15) is 22.5 Å². The summed E-state index contributed by atoms with van der Waals surface area (Å²) in [4.78, 5) is 18.6. The molecule has 236 valence electrons. The molecular formula is C38H28FN5O3S. The summed E-state index contributed by atoms with van der Waals surface area (Å²) < 4.78 is 28.5. The van der Waals surface area contributed by atoms with Gasteiger partial charge in [0.05, 0.1) is 10.2 Å². The highest BCUT2D eigenvalue weighted by molar-refractivity contribution is 7.15. The van der Waals surface area contributed by atoms with Gasteiger partial charge in [0.25, 0.3) is 5.56 Å². The van der Waals surface area contributed by atoms with Crippen LogP contribution < -0.4 is 19.6 Å². The topological polar surface area (TPSA) is 83.5 Å². The van der Waals surface area contributed by atoms with Crippen molar-refractivity contribution in [3.05, 3.63) is 165 Å². The summed E-state index contributed by atoms with van der Waals surface area (Å²) in [6.45, 7) is 4.39. The van der Waals surface area contributed by atoms with Crippen molar-refractivity contribution in [1.29, 1.82) is 0 Å². The zero-order valence-corrected chi connectivity index (χ0v) is 26.4. The number of hydrogen-bond donors (Lipinski definition) is 0. The highest BCUT2D eigenvalue weighted by Crippen LogP contribution is 2.28. The molecule has 0 saturated carbocycles. The zero-order valence-electron chi connectivity index (χ0n) is 25.6. The van der Waals surface area contributed by atoms with Crippen LogP contribution in [-0.2, 0) is 6.61 Å². The minimum absolute atomic E-state index is 0.263. The maximum Gasteiger partial charge on any atom is 0.291 e. The first-order chi connectivity index (χ1) is 23.5. The van der Waals surface area contributed by atoms with E-state index >= 15 is 0 Å². The largest absolute Gasteiger partial charge is 0.490 e. The normalized spacial score (nSPS) is 11.8. The van der Waals surface area contributed by atoms with Crippen molar-refractivity contribution in [2.24, 2.45) is 0 Å². The molecule has 48 heavy (non-hydrogen) atoms. The van der Waals surface area contributed by atoms with E-state index in [1.54, 1.807) is 29.0 Å². The molecule has 0 N–H and O–H groups in total. The van der Waals surface area contributed by atoms with Crippen molar-refractivity contribution in [2.75, 3.05) is 6.61 Å². The molecule has 0 amide bonds. The van der Waals surface area contributed by atoms with Gasteiger partial charge < -0.3 is 9.47 Å². The standard InChI is InChI=1S/C38H28FN5O3S/c1-2-21-46-32-18-13-26(14-19-32)15-20-35-40-38-44(41-35)37(45)34(48-38)23-29-24-43(31-8-4-3-5-9-31)42-36(29)28-7-6-10-33(22-28)47-25-27-11-16-30(39)17-12-27/h2-20,22-24H,1,21,25H2/b20-15+,34-23-. The molecule has 0 unspecified atom stereocenters. The molecule has 0 aliphatic rings. The monoisotopic (exact) mass is 653 g/mol. The lowest BCUT2D eigenvalue weighted by Gasteiger charge is -2.08. The average molecular weight is 654 g/mol. The lowest BCUT2D eigenvalue weighted by atomic mass is 10.1. The van der Waals surface area contributed by atoms with Gasteiger partial charge >= 0.3 is 0 Å². The van der Waals surface area contributed by atoms with Gasteiger partial charge in [-0.3, -0.25) is 4.79 Å². The second-order valence-electron chi connectivity index (χ2n) is 10.7. The Labute approximate surface area is 279 Å². The van der Waals surface area contributed by atoms with E-state index in [2.05, 4.69) is 16.7 Å². The molecule has 7 rings (SSSR count). The van der Waals surface area contributed by atoms with E-state index in [0.717, 1.165) is 33.7 Å². The van der Waals surface area contributed by atoms with Crippen LogP contribution in [0.4, 0.5) is 4.39 Å². The van der Waals surface area contributed by atoms with Gasteiger partial charge in [-0.15, -0.1) is 5.10 Å². The SMILES string of the molecule is C=CCOc1ccc(/C=C/c2nc3s/c(=C\c4cn(-c5ccccc5)nc4-c4cccc(OCc5ccc(F)cc5)c4)c(=O)n3n2)cc1. The van der Waals surface area contributed by atoms with Crippen LogP contribution in [0.3, 0.4) is 0 Å². The van der Waals surface area contributed by atoms with E-state index in [9.17, 15) is 9.18 Å². The van der Waals surface area contributed by atoms with Crippen LogP contribution in [-0.4, -0.2) is 31.0 Å². The predicted molar refractivity (Wildman–Crippen MR) is 187 cm³/mol. The predicted octanol–water partition coefficient (Wildman–Crippen LogP) is 7.00. The van der Waals surface area contributed by atoms with E-state index in [4.69, 9.17) is 14.6 Å². The molecule has 7 aromatic rings. The van der Waals surface area contributed by atoms with Crippen LogP contribution in [0, 0.1) is 5.82 Å². The molecule has 0 fully saturated rings.